The van der Waals surface area contributed by atoms with Crippen molar-refractivity contribution in [3.8, 4) is 11.5 Å². The van der Waals surface area contributed by atoms with E-state index in [2.05, 4.69) is 35.4 Å². The van der Waals surface area contributed by atoms with E-state index in [4.69, 9.17) is 14.2 Å². The van der Waals surface area contributed by atoms with Gasteiger partial charge >= 0.3 is 0 Å². The number of nitrogens with zero attached hydrogens (tertiary/aromatic N) is 1. The molecule has 1 aliphatic heterocycles. The maximum atomic E-state index is 6.02. The van der Waals surface area contributed by atoms with Gasteiger partial charge in [-0.2, -0.15) is 5.10 Å². The highest BCUT2D eigenvalue weighted by molar-refractivity contribution is 5.47. The van der Waals surface area contributed by atoms with Gasteiger partial charge in [0.05, 0.1) is 19.9 Å². The zero-order valence-electron chi connectivity index (χ0n) is 16.0. The molecule has 26 heavy (non-hydrogen) atoms. The second-order valence-corrected chi connectivity index (χ2v) is 6.90. The van der Waals surface area contributed by atoms with Crippen LogP contribution in [-0.4, -0.2) is 37.6 Å². The molecule has 0 bridgehead atoms. The largest absolute Gasteiger partial charge is 0.493 e. The number of methoxy groups -OCH3 is 2. The van der Waals surface area contributed by atoms with Gasteiger partial charge in [0, 0.05) is 31.3 Å². The molecule has 3 rings (SSSR count). The Bertz CT molecular complexity index is 703. The van der Waals surface area contributed by atoms with E-state index in [0.717, 1.165) is 43.2 Å². The van der Waals surface area contributed by atoms with Crippen molar-refractivity contribution >= 4 is 0 Å². The van der Waals surface area contributed by atoms with E-state index in [-0.39, 0.29) is 12.1 Å². The van der Waals surface area contributed by atoms with E-state index in [9.17, 15) is 0 Å². The third-order valence-corrected chi connectivity index (χ3v) is 5.20. The number of aromatic amines is 1. The fourth-order valence-corrected chi connectivity index (χ4v) is 3.72. The molecule has 3 atom stereocenters. The Kier molecular flexibility index (Phi) is 6.16. The van der Waals surface area contributed by atoms with Crippen molar-refractivity contribution < 1.29 is 14.2 Å². The van der Waals surface area contributed by atoms with Crippen molar-refractivity contribution in [3.63, 3.8) is 0 Å². The van der Waals surface area contributed by atoms with E-state index in [1.165, 1.54) is 11.1 Å². The van der Waals surface area contributed by atoms with Crippen LogP contribution in [0.4, 0.5) is 0 Å². The molecule has 0 radical (unpaired) electrons. The van der Waals surface area contributed by atoms with Crippen LogP contribution in [0.2, 0.25) is 0 Å². The SMILES string of the molecule is COc1cc(C)c(C(C)NC[C@@H]2CCCO[C@H]2c2ccn[nH]2)cc1OC. The third-order valence-electron chi connectivity index (χ3n) is 5.20. The summed E-state index contributed by atoms with van der Waals surface area (Å²) in [5.74, 6) is 1.95. The lowest BCUT2D eigenvalue weighted by atomic mass is 9.91. The second-order valence-electron chi connectivity index (χ2n) is 6.90. The lowest BCUT2D eigenvalue weighted by Crippen LogP contribution is -2.33. The summed E-state index contributed by atoms with van der Waals surface area (Å²) in [6, 6.07) is 6.31. The van der Waals surface area contributed by atoms with Gasteiger partial charge in [0.25, 0.3) is 0 Å². The number of benzene rings is 1. The average Bonchev–Trinajstić information content (AvgIpc) is 3.20. The molecule has 0 amide bonds. The maximum absolute atomic E-state index is 6.02. The van der Waals surface area contributed by atoms with Gasteiger partial charge in [-0.15, -0.1) is 0 Å². The van der Waals surface area contributed by atoms with Crippen molar-refractivity contribution in [2.24, 2.45) is 5.92 Å². The number of H-pyrrole nitrogens is 1. The number of aromatic nitrogens is 2. The molecule has 2 heterocycles. The zero-order chi connectivity index (χ0) is 18.5. The lowest BCUT2D eigenvalue weighted by molar-refractivity contribution is -0.0308. The molecule has 142 valence electrons. The van der Waals surface area contributed by atoms with Crippen molar-refractivity contribution in [1.82, 2.24) is 15.5 Å². The molecule has 1 unspecified atom stereocenters. The summed E-state index contributed by atoms with van der Waals surface area (Å²) in [6.45, 7) is 5.99. The molecule has 1 aromatic heterocycles. The van der Waals surface area contributed by atoms with E-state index in [1.807, 2.05) is 12.1 Å². The molecular weight excluding hydrogens is 330 g/mol. The van der Waals surface area contributed by atoms with Crippen LogP contribution in [0, 0.1) is 12.8 Å². The van der Waals surface area contributed by atoms with Gasteiger partial charge < -0.3 is 19.5 Å². The third kappa shape index (κ3) is 4.02. The van der Waals surface area contributed by atoms with Crippen LogP contribution in [0.1, 0.15) is 48.7 Å². The first-order valence-corrected chi connectivity index (χ1v) is 9.20. The van der Waals surface area contributed by atoms with Crippen LogP contribution in [0.15, 0.2) is 24.4 Å². The molecule has 1 fully saturated rings. The monoisotopic (exact) mass is 359 g/mol. The maximum Gasteiger partial charge on any atom is 0.161 e. The minimum absolute atomic E-state index is 0.0810. The van der Waals surface area contributed by atoms with E-state index in [0.29, 0.717) is 5.92 Å². The van der Waals surface area contributed by atoms with Crippen molar-refractivity contribution in [2.75, 3.05) is 27.4 Å². The van der Waals surface area contributed by atoms with Gasteiger partial charge in [0.2, 0.25) is 0 Å². The number of nitrogens with one attached hydrogen (secondary N) is 2. The van der Waals surface area contributed by atoms with Gasteiger partial charge in [-0.3, -0.25) is 5.10 Å². The molecule has 1 aliphatic rings. The first-order chi connectivity index (χ1) is 12.6. The molecular formula is C20H29N3O3. The summed E-state index contributed by atoms with van der Waals surface area (Å²) in [7, 11) is 3.33. The van der Waals surface area contributed by atoms with E-state index < -0.39 is 0 Å². The fourth-order valence-electron chi connectivity index (χ4n) is 3.72. The number of hydrogen-bond acceptors (Lipinski definition) is 5. The molecule has 0 spiro atoms. The molecule has 1 saturated heterocycles. The van der Waals surface area contributed by atoms with Crippen molar-refractivity contribution in [2.45, 2.75) is 38.8 Å². The molecule has 6 heteroatoms. The summed E-state index contributed by atoms with van der Waals surface area (Å²) in [5, 5.41) is 10.8. The summed E-state index contributed by atoms with van der Waals surface area (Å²) < 4.78 is 16.9. The van der Waals surface area contributed by atoms with Crippen molar-refractivity contribution in [3.05, 3.63) is 41.2 Å². The first-order valence-electron chi connectivity index (χ1n) is 9.20. The first kappa shape index (κ1) is 18.7. The predicted molar refractivity (Wildman–Crippen MR) is 101 cm³/mol. The Hall–Kier alpha value is -2.05. The zero-order valence-corrected chi connectivity index (χ0v) is 16.0. The van der Waals surface area contributed by atoms with E-state index in [1.54, 1.807) is 20.4 Å². The van der Waals surface area contributed by atoms with E-state index >= 15 is 0 Å². The van der Waals surface area contributed by atoms with Crippen LogP contribution >= 0.6 is 0 Å². The summed E-state index contributed by atoms with van der Waals surface area (Å²) >= 11 is 0. The number of ether oxygens (including phenoxy) is 3. The Morgan fingerprint density at radius 1 is 1.31 bits per heavy atom. The van der Waals surface area contributed by atoms with Crippen molar-refractivity contribution in [1.29, 1.82) is 0 Å². The molecule has 2 N–H and O–H groups in total. The minimum Gasteiger partial charge on any atom is -0.493 e. The Labute approximate surface area is 155 Å². The van der Waals surface area contributed by atoms with Gasteiger partial charge in [0.15, 0.2) is 11.5 Å². The quantitative estimate of drug-likeness (QED) is 0.791. The Morgan fingerprint density at radius 3 is 2.77 bits per heavy atom. The smallest absolute Gasteiger partial charge is 0.161 e. The van der Waals surface area contributed by atoms with Crippen LogP contribution in [0.5, 0.6) is 11.5 Å². The van der Waals surface area contributed by atoms with Gasteiger partial charge in [-0.05, 0) is 56.0 Å². The predicted octanol–water partition coefficient (Wildman–Crippen LogP) is 3.55. The highest BCUT2D eigenvalue weighted by Gasteiger charge is 2.28. The van der Waals surface area contributed by atoms with Crippen LogP contribution < -0.4 is 14.8 Å². The fraction of sp³-hybridized carbons (Fsp3) is 0.550. The van der Waals surface area contributed by atoms with Crippen LogP contribution in [0.3, 0.4) is 0 Å². The van der Waals surface area contributed by atoms with Crippen LogP contribution in [-0.2, 0) is 4.74 Å². The summed E-state index contributed by atoms with van der Waals surface area (Å²) in [5.41, 5.74) is 3.47. The summed E-state index contributed by atoms with van der Waals surface area (Å²) in [4.78, 5) is 0. The topological polar surface area (TPSA) is 68.4 Å². The highest BCUT2D eigenvalue weighted by atomic mass is 16.5. The Morgan fingerprint density at radius 2 is 2.08 bits per heavy atom. The van der Waals surface area contributed by atoms with Gasteiger partial charge in [-0.1, -0.05) is 0 Å². The average molecular weight is 359 g/mol. The number of rotatable bonds is 7. The number of hydrogen-bond donors (Lipinski definition) is 2. The molecule has 6 nitrogen and oxygen atoms in total. The second kappa shape index (κ2) is 8.56. The summed E-state index contributed by atoms with van der Waals surface area (Å²) in [6.07, 6.45) is 4.11. The highest BCUT2D eigenvalue weighted by Crippen LogP contribution is 2.35. The molecule has 1 aromatic carbocycles. The lowest BCUT2D eigenvalue weighted by Gasteiger charge is -2.32. The Balaban J connectivity index is 1.69. The standard InChI is InChI=1S/C20H29N3O3/c1-13-10-18(24-3)19(25-4)11-16(13)14(2)21-12-15-6-5-9-26-20(15)17-7-8-22-23-17/h7-8,10-11,14-15,20-21H,5-6,9,12H2,1-4H3,(H,22,23)/t14?,15-,20+/m0/s1. The molecule has 0 saturated carbocycles. The molecule has 0 aliphatic carbocycles. The normalized spacial score (nSPS) is 21.4. The van der Waals surface area contributed by atoms with Crippen LogP contribution in [0.25, 0.3) is 0 Å². The van der Waals surface area contributed by atoms with Gasteiger partial charge in [-0.25, -0.2) is 0 Å². The number of aryl methyl sites for hydroxylation is 1. The minimum atomic E-state index is 0.0810. The van der Waals surface area contributed by atoms with Gasteiger partial charge in [0.1, 0.15) is 6.10 Å². The molecule has 2 aromatic rings.